The Morgan fingerprint density at radius 3 is 2.71 bits per heavy atom. The fourth-order valence-electron chi connectivity index (χ4n) is 1.52. The Balaban J connectivity index is 2.47. The molecule has 0 saturated carbocycles. The standard InChI is InChI=1S/C7H15N3O3S/c1-10(4-7(11)9-8)6-2-3-14(12,13)5-6/h6H,2-5,8H2,1H3,(H,9,11). The molecule has 1 rings (SSSR count). The quantitative estimate of drug-likeness (QED) is 0.330. The van der Waals surface area contributed by atoms with Crippen LogP contribution in [0.3, 0.4) is 0 Å². The van der Waals surface area contributed by atoms with Gasteiger partial charge in [-0.25, -0.2) is 14.3 Å². The number of amides is 1. The van der Waals surface area contributed by atoms with Crippen LogP contribution in [-0.4, -0.2) is 50.4 Å². The van der Waals surface area contributed by atoms with Crippen molar-refractivity contribution in [2.24, 2.45) is 5.84 Å². The summed E-state index contributed by atoms with van der Waals surface area (Å²) < 4.78 is 22.3. The van der Waals surface area contributed by atoms with Crippen LogP contribution in [0.2, 0.25) is 0 Å². The van der Waals surface area contributed by atoms with Gasteiger partial charge < -0.3 is 0 Å². The Kier molecular flexibility index (Phi) is 3.46. The summed E-state index contributed by atoms with van der Waals surface area (Å²) in [6.45, 7) is 0.136. The lowest BCUT2D eigenvalue weighted by atomic mass is 10.2. The molecule has 0 aromatic heterocycles. The van der Waals surface area contributed by atoms with Gasteiger partial charge in [0, 0.05) is 6.04 Å². The van der Waals surface area contributed by atoms with E-state index in [1.807, 2.05) is 5.43 Å². The van der Waals surface area contributed by atoms with Crippen molar-refractivity contribution >= 4 is 15.7 Å². The zero-order valence-electron chi connectivity index (χ0n) is 8.06. The molecule has 7 heteroatoms. The van der Waals surface area contributed by atoms with Crippen molar-refractivity contribution < 1.29 is 13.2 Å². The third-order valence-electron chi connectivity index (χ3n) is 2.39. The molecule has 0 aliphatic carbocycles. The average molecular weight is 221 g/mol. The monoisotopic (exact) mass is 221 g/mol. The van der Waals surface area contributed by atoms with Crippen LogP contribution in [0.15, 0.2) is 0 Å². The van der Waals surface area contributed by atoms with Gasteiger partial charge in [0.1, 0.15) is 0 Å². The lowest BCUT2D eigenvalue weighted by Crippen LogP contribution is -2.43. The summed E-state index contributed by atoms with van der Waals surface area (Å²) in [5.41, 5.74) is 2.01. The third-order valence-corrected chi connectivity index (χ3v) is 4.14. The van der Waals surface area contributed by atoms with Crippen LogP contribution in [-0.2, 0) is 14.6 Å². The maximum Gasteiger partial charge on any atom is 0.248 e. The number of carbonyl (C=O) groups is 1. The normalized spacial score (nSPS) is 25.2. The number of sulfone groups is 1. The molecule has 1 fully saturated rings. The molecule has 1 aliphatic rings. The summed E-state index contributed by atoms with van der Waals surface area (Å²) in [4.78, 5) is 12.6. The van der Waals surface area contributed by atoms with Gasteiger partial charge in [0.2, 0.25) is 5.91 Å². The average Bonchev–Trinajstić information content (AvgIpc) is 2.46. The molecule has 6 nitrogen and oxygen atoms in total. The second-order valence-corrected chi connectivity index (χ2v) is 5.77. The minimum atomic E-state index is -2.89. The summed E-state index contributed by atoms with van der Waals surface area (Å²) in [7, 11) is -1.16. The highest BCUT2D eigenvalue weighted by molar-refractivity contribution is 7.91. The number of likely N-dealkylation sites (N-methyl/N-ethyl adjacent to an activating group) is 1. The SMILES string of the molecule is CN(CC(=O)NN)C1CCS(=O)(=O)C1. The van der Waals surface area contributed by atoms with Crippen molar-refractivity contribution in [2.45, 2.75) is 12.5 Å². The first kappa shape index (κ1) is 11.4. The van der Waals surface area contributed by atoms with Crippen LogP contribution in [0.5, 0.6) is 0 Å². The Bertz CT molecular complexity index is 314. The summed E-state index contributed by atoms with van der Waals surface area (Å²) in [6.07, 6.45) is 0.594. The van der Waals surface area contributed by atoms with Gasteiger partial charge in [0.05, 0.1) is 18.1 Å². The van der Waals surface area contributed by atoms with Crippen LogP contribution < -0.4 is 11.3 Å². The Labute approximate surface area is 83.3 Å². The highest BCUT2D eigenvalue weighted by atomic mass is 32.2. The second kappa shape index (κ2) is 4.24. The van der Waals surface area contributed by atoms with E-state index in [0.717, 1.165) is 0 Å². The van der Waals surface area contributed by atoms with E-state index >= 15 is 0 Å². The summed E-state index contributed by atoms with van der Waals surface area (Å²) >= 11 is 0. The molecule has 14 heavy (non-hydrogen) atoms. The Hall–Kier alpha value is -0.660. The number of hydrogen-bond donors (Lipinski definition) is 2. The number of nitrogens with zero attached hydrogens (tertiary/aromatic N) is 1. The van der Waals surface area contributed by atoms with Gasteiger partial charge in [-0.3, -0.25) is 15.1 Å². The number of carbonyl (C=O) groups excluding carboxylic acids is 1. The lowest BCUT2D eigenvalue weighted by Gasteiger charge is -2.21. The van der Waals surface area contributed by atoms with E-state index in [2.05, 4.69) is 0 Å². The zero-order chi connectivity index (χ0) is 10.8. The molecular formula is C7H15N3O3S. The van der Waals surface area contributed by atoms with E-state index in [4.69, 9.17) is 5.84 Å². The smallest absolute Gasteiger partial charge is 0.248 e. The molecule has 82 valence electrons. The predicted octanol–water partition coefficient (Wildman–Crippen LogP) is -1.90. The van der Waals surface area contributed by atoms with Crippen molar-refractivity contribution in [3.8, 4) is 0 Å². The van der Waals surface area contributed by atoms with Crippen molar-refractivity contribution in [1.29, 1.82) is 0 Å². The predicted molar refractivity (Wildman–Crippen MR) is 52.0 cm³/mol. The van der Waals surface area contributed by atoms with Gasteiger partial charge in [-0.1, -0.05) is 0 Å². The van der Waals surface area contributed by atoms with E-state index in [9.17, 15) is 13.2 Å². The molecule has 0 aromatic carbocycles. The maximum atomic E-state index is 11.1. The molecular weight excluding hydrogens is 206 g/mol. The molecule has 0 aromatic rings. The molecule has 0 radical (unpaired) electrons. The number of hydrogen-bond acceptors (Lipinski definition) is 5. The fraction of sp³-hybridized carbons (Fsp3) is 0.857. The molecule has 0 bridgehead atoms. The van der Waals surface area contributed by atoms with Crippen LogP contribution in [0.4, 0.5) is 0 Å². The number of nitrogens with two attached hydrogens (primary N) is 1. The Morgan fingerprint density at radius 2 is 2.29 bits per heavy atom. The molecule has 0 spiro atoms. The fourth-order valence-corrected chi connectivity index (χ4v) is 3.33. The number of hydrazine groups is 1. The number of nitrogens with one attached hydrogen (secondary N) is 1. The molecule has 1 unspecified atom stereocenters. The van der Waals surface area contributed by atoms with Crippen LogP contribution in [0, 0.1) is 0 Å². The van der Waals surface area contributed by atoms with Crippen molar-refractivity contribution in [3.05, 3.63) is 0 Å². The molecule has 1 aliphatic heterocycles. The van der Waals surface area contributed by atoms with Gasteiger partial charge in [-0.2, -0.15) is 0 Å². The van der Waals surface area contributed by atoms with E-state index in [-0.39, 0.29) is 30.0 Å². The van der Waals surface area contributed by atoms with E-state index in [0.29, 0.717) is 6.42 Å². The van der Waals surface area contributed by atoms with E-state index in [1.54, 1.807) is 11.9 Å². The molecule has 1 amide bonds. The van der Waals surface area contributed by atoms with Crippen molar-refractivity contribution in [3.63, 3.8) is 0 Å². The first-order valence-electron chi connectivity index (χ1n) is 4.35. The minimum absolute atomic E-state index is 0.0581. The van der Waals surface area contributed by atoms with Gasteiger partial charge in [-0.05, 0) is 13.5 Å². The Morgan fingerprint density at radius 1 is 1.64 bits per heavy atom. The molecule has 1 saturated heterocycles. The first-order chi connectivity index (χ1) is 6.44. The molecule has 1 atom stereocenters. The lowest BCUT2D eigenvalue weighted by molar-refractivity contribution is -0.122. The topological polar surface area (TPSA) is 92.5 Å². The third kappa shape index (κ3) is 2.93. The number of rotatable bonds is 3. The largest absolute Gasteiger partial charge is 0.294 e. The van der Waals surface area contributed by atoms with Crippen molar-refractivity contribution in [1.82, 2.24) is 10.3 Å². The van der Waals surface area contributed by atoms with Crippen LogP contribution >= 0.6 is 0 Å². The first-order valence-corrected chi connectivity index (χ1v) is 6.17. The highest BCUT2D eigenvalue weighted by Crippen LogP contribution is 2.15. The van der Waals surface area contributed by atoms with E-state index in [1.165, 1.54) is 0 Å². The molecule has 3 N–H and O–H groups in total. The van der Waals surface area contributed by atoms with E-state index < -0.39 is 9.84 Å². The van der Waals surface area contributed by atoms with Gasteiger partial charge in [0.25, 0.3) is 0 Å². The summed E-state index contributed by atoms with van der Waals surface area (Å²) in [6, 6.07) is -0.0581. The summed E-state index contributed by atoms with van der Waals surface area (Å²) in [5.74, 6) is 4.97. The van der Waals surface area contributed by atoms with Gasteiger partial charge in [0.15, 0.2) is 9.84 Å². The summed E-state index contributed by atoms with van der Waals surface area (Å²) in [5, 5.41) is 0. The maximum absolute atomic E-state index is 11.1. The van der Waals surface area contributed by atoms with Gasteiger partial charge >= 0.3 is 0 Å². The highest BCUT2D eigenvalue weighted by Gasteiger charge is 2.30. The van der Waals surface area contributed by atoms with Crippen LogP contribution in [0.1, 0.15) is 6.42 Å². The van der Waals surface area contributed by atoms with Gasteiger partial charge in [-0.15, -0.1) is 0 Å². The minimum Gasteiger partial charge on any atom is -0.294 e. The molecule has 1 heterocycles. The zero-order valence-corrected chi connectivity index (χ0v) is 8.88. The van der Waals surface area contributed by atoms with Crippen molar-refractivity contribution in [2.75, 3.05) is 25.1 Å². The second-order valence-electron chi connectivity index (χ2n) is 3.54. The van der Waals surface area contributed by atoms with Crippen LogP contribution in [0.25, 0.3) is 0 Å².